The van der Waals surface area contributed by atoms with Gasteiger partial charge >= 0.3 is 0 Å². The molecular weight excluding hydrogens is 442 g/mol. The largest absolute Gasteiger partial charge is 0.504 e. The molecule has 3 N–H and O–H groups in total. The lowest BCUT2D eigenvalue weighted by molar-refractivity contribution is 0.0819. The van der Waals surface area contributed by atoms with Crippen LogP contribution in [-0.4, -0.2) is 40.0 Å². The average molecular weight is 470 g/mol. The number of carbonyl (C=O) groups is 1. The van der Waals surface area contributed by atoms with Gasteiger partial charge in [0.2, 0.25) is 0 Å². The number of aromatic hydroxyl groups is 1. The molecule has 0 bridgehead atoms. The number of nitrogens with zero attached hydrogens (tertiary/aromatic N) is 3. The molecule has 1 saturated carbocycles. The van der Waals surface area contributed by atoms with Crippen molar-refractivity contribution in [2.45, 2.75) is 46.1 Å². The lowest BCUT2D eigenvalue weighted by atomic mass is 9.64. The zero-order chi connectivity index (χ0) is 24.1. The lowest BCUT2D eigenvalue weighted by Gasteiger charge is -2.45. The summed E-state index contributed by atoms with van der Waals surface area (Å²) in [5.74, 6) is -0.865. The van der Waals surface area contributed by atoms with Gasteiger partial charge in [0.25, 0.3) is 16.8 Å². The Kier molecular flexibility index (Phi) is 5.73. The molecule has 1 aliphatic carbocycles. The zero-order valence-corrected chi connectivity index (χ0v) is 20.1. The summed E-state index contributed by atoms with van der Waals surface area (Å²) in [5, 5.41) is 17.7. The summed E-state index contributed by atoms with van der Waals surface area (Å²) in [6, 6.07) is 1.22. The summed E-state index contributed by atoms with van der Waals surface area (Å²) < 4.78 is 0. The van der Waals surface area contributed by atoms with E-state index in [0.717, 1.165) is 34.8 Å². The third kappa shape index (κ3) is 3.88. The fourth-order valence-electron chi connectivity index (χ4n) is 4.26. The molecule has 0 radical (unpaired) electrons. The second-order valence-corrected chi connectivity index (χ2v) is 10.5. The van der Waals surface area contributed by atoms with E-state index in [0.29, 0.717) is 0 Å². The van der Waals surface area contributed by atoms with Gasteiger partial charge in [0.1, 0.15) is 11.4 Å². The predicted octanol–water partition coefficient (Wildman–Crippen LogP) is 3.25. The molecule has 1 atom stereocenters. The van der Waals surface area contributed by atoms with Gasteiger partial charge in [0.15, 0.2) is 11.4 Å². The molecule has 0 unspecified atom stereocenters. The number of thiazole rings is 1. The van der Waals surface area contributed by atoms with Gasteiger partial charge in [-0.2, -0.15) is 0 Å². The van der Waals surface area contributed by atoms with Crippen LogP contribution in [0.4, 0.5) is 17.1 Å². The lowest BCUT2D eigenvalue weighted by Crippen LogP contribution is -2.43. The third-order valence-corrected chi connectivity index (χ3v) is 7.30. The van der Waals surface area contributed by atoms with Gasteiger partial charge in [-0.1, -0.05) is 13.3 Å². The molecule has 10 heteroatoms. The second kappa shape index (κ2) is 8.26. The molecule has 1 aliphatic rings. The van der Waals surface area contributed by atoms with Crippen LogP contribution in [0, 0.1) is 19.3 Å². The minimum Gasteiger partial charge on any atom is -0.504 e. The molecule has 174 valence electrons. The second-order valence-electron chi connectivity index (χ2n) is 9.05. The first kappa shape index (κ1) is 22.9. The fraction of sp³-hybridized carbons (Fsp3) is 0.435. The van der Waals surface area contributed by atoms with Crippen LogP contribution in [0.2, 0.25) is 0 Å². The van der Waals surface area contributed by atoms with E-state index in [9.17, 15) is 19.5 Å². The molecule has 1 fully saturated rings. The van der Waals surface area contributed by atoms with Crippen LogP contribution in [0.1, 0.15) is 58.3 Å². The van der Waals surface area contributed by atoms with Crippen LogP contribution >= 0.6 is 11.3 Å². The number of carbonyl (C=O) groups excluding carboxylic acids is 1. The molecule has 0 spiro atoms. The summed E-state index contributed by atoms with van der Waals surface area (Å²) in [6.07, 6.45) is 4.43. The maximum absolute atomic E-state index is 12.5. The quantitative estimate of drug-likeness (QED) is 0.451. The SMILES string of the molecule is Cc1nc([C@H](Nc2c(Nc3ccnc(C(=O)N(C)C)c3O)c(=O)c2=O)C2(C)CCC2)c(C)s1. The summed E-state index contributed by atoms with van der Waals surface area (Å²) in [7, 11) is 3.09. The summed E-state index contributed by atoms with van der Waals surface area (Å²) in [5.41, 5.74) is -0.298. The molecule has 3 aromatic rings. The van der Waals surface area contributed by atoms with Gasteiger partial charge in [0.05, 0.1) is 22.4 Å². The normalized spacial score (nSPS) is 15.7. The van der Waals surface area contributed by atoms with E-state index in [1.54, 1.807) is 25.4 Å². The molecule has 2 aromatic heterocycles. The first-order chi connectivity index (χ1) is 15.5. The number of hydrogen-bond donors (Lipinski definition) is 3. The van der Waals surface area contributed by atoms with Crippen LogP contribution in [-0.2, 0) is 0 Å². The number of amides is 1. The molecule has 0 aliphatic heterocycles. The fourth-order valence-corrected chi connectivity index (χ4v) is 5.11. The molecular formula is C23H27N5O4S. The third-order valence-electron chi connectivity index (χ3n) is 6.40. The van der Waals surface area contributed by atoms with E-state index in [4.69, 9.17) is 4.98 Å². The maximum Gasteiger partial charge on any atom is 0.275 e. The van der Waals surface area contributed by atoms with Gasteiger partial charge in [0, 0.05) is 25.2 Å². The van der Waals surface area contributed by atoms with Crippen molar-refractivity contribution in [1.29, 1.82) is 0 Å². The number of aromatic nitrogens is 2. The highest BCUT2D eigenvalue weighted by Crippen LogP contribution is 2.52. The van der Waals surface area contributed by atoms with E-state index in [2.05, 4.69) is 22.5 Å². The average Bonchev–Trinajstić information content (AvgIpc) is 3.09. The molecule has 4 rings (SSSR count). The summed E-state index contributed by atoms with van der Waals surface area (Å²) >= 11 is 1.60. The molecule has 2 heterocycles. The minimum atomic E-state index is -0.683. The standard InChI is InChI=1S/C23H27N5O4S/c1-11-14(25-12(2)33-11)21(23(3)8-6-9-23)27-16-15(19(30)20(16)31)26-13-7-10-24-17(18(13)29)22(32)28(4)5/h7,10,21,27,29H,6,8-9H2,1-5H3,(H,24,26)/t21-/m0/s1. The van der Waals surface area contributed by atoms with Crippen LogP contribution in [0.5, 0.6) is 5.75 Å². The van der Waals surface area contributed by atoms with Crippen molar-refractivity contribution in [3.8, 4) is 5.75 Å². The Morgan fingerprint density at radius 1 is 1.21 bits per heavy atom. The number of nitrogens with one attached hydrogen (secondary N) is 2. The zero-order valence-electron chi connectivity index (χ0n) is 19.3. The topological polar surface area (TPSA) is 125 Å². The van der Waals surface area contributed by atoms with Crippen molar-refractivity contribution in [3.63, 3.8) is 0 Å². The maximum atomic E-state index is 12.5. The van der Waals surface area contributed by atoms with Crippen molar-refractivity contribution >= 4 is 34.3 Å². The van der Waals surface area contributed by atoms with E-state index >= 15 is 0 Å². The Morgan fingerprint density at radius 2 is 1.88 bits per heavy atom. The number of rotatable bonds is 7. The van der Waals surface area contributed by atoms with Crippen LogP contribution in [0.15, 0.2) is 21.9 Å². The minimum absolute atomic E-state index is 0.0577. The van der Waals surface area contributed by atoms with E-state index < -0.39 is 16.8 Å². The molecule has 1 amide bonds. The number of anilines is 3. The van der Waals surface area contributed by atoms with Crippen LogP contribution < -0.4 is 21.5 Å². The van der Waals surface area contributed by atoms with Crippen molar-refractivity contribution in [2.75, 3.05) is 24.7 Å². The van der Waals surface area contributed by atoms with Crippen LogP contribution in [0.3, 0.4) is 0 Å². The predicted molar refractivity (Wildman–Crippen MR) is 128 cm³/mol. The van der Waals surface area contributed by atoms with Gasteiger partial charge in [-0.3, -0.25) is 14.4 Å². The van der Waals surface area contributed by atoms with E-state index in [-0.39, 0.29) is 40.0 Å². The van der Waals surface area contributed by atoms with E-state index in [1.807, 2.05) is 13.8 Å². The van der Waals surface area contributed by atoms with Gasteiger partial charge in [-0.25, -0.2) is 9.97 Å². The Morgan fingerprint density at radius 3 is 2.42 bits per heavy atom. The molecule has 33 heavy (non-hydrogen) atoms. The molecule has 1 aromatic carbocycles. The first-order valence-corrected chi connectivity index (χ1v) is 11.6. The molecule has 0 saturated heterocycles. The van der Waals surface area contributed by atoms with Crippen molar-refractivity contribution in [3.05, 3.63) is 54.0 Å². The Hall–Kier alpha value is -3.27. The Bertz CT molecular complexity index is 1300. The highest BCUT2D eigenvalue weighted by Gasteiger charge is 2.43. The summed E-state index contributed by atoms with van der Waals surface area (Å²) in [6.45, 7) is 6.12. The van der Waals surface area contributed by atoms with Crippen molar-refractivity contribution in [2.24, 2.45) is 5.41 Å². The van der Waals surface area contributed by atoms with Crippen molar-refractivity contribution < 1.29 is 9.90 Å². The number of aryl methyl sites for hydroxylation is 2. The smallest absolute Gasteiger partial charge is 0.275 e. The highest BCUT2D eigenvalue weighted by atomic mass is 32.1. The monoisotopic (exact) mass is 469 g/mol. The van der Waals surface area contributed by atoms with Gasteiger partial charge in [-0.15, -0.1) is 11.3 Å². The molecule has 9 nitrogen and oxygen atoms in total. The van der Waals surface area contributed by atoms with Crippen LogP contribution in [0.25, 0.3) is 0 Å². The van der Waals surface area contributed by atoms with E-state index in [1.165, 1.54) is 17.2 Å². The number of pyridine rings is 1. The van der Waals surface area contributed by atoms with Gasteiger partial charge in [-0.05, 0) is 38.2 Å². The first-order valence-electron chi connectivity index (χ1n) is 10.7. The van der Waals surface area contributed by atoms with Gasteiger partial charge < -0.3 is 20.6 Å². The Labute approximate surface area is 195 Å². The highest BCUT2D eigenvalue weighted by molar-refractivity contribution is 7.11. The Balaban J connectivity index is 1.69. The van der Waals surface area contributed by atoms with Crippen molar-refractivity contribution in [1.82, 2.24) is 14.9 Å². The number of hydrogen-bond acceptors (Lipinski definition) is 9. The summed E-state index contributed by atoms with van der Waals surface area (Å²) in [4.78, 5) is 48.3.